The van der Waals surface area contributed by atoms with E-state index < -0.39 is 0 Å². The normalized spacial score (nSPS) is 10.8. The Labute approximate surface area is 108 Å². The third-order valence-electron chi connectivity index (χ3n) is 2.02. The highest BCUT2D eigenvalue weighted by Gasteiger charge is 2.12. The lowest BCUT2D eigenvalue weighted by Gasteiger charge is -2.20. The van der Waals surface area contributed by atoms with Gasteiger partial charge in [-0.25, -0.2) is 4.79 Å². The van der Waals surface area contributed by atoms with Crippen LogP contribution < -0.4 is 21.1 Å². The second kappa shape index (κ2) is 6.14. The Bertz CT molecular complexity index is 382. The summed E-state index contributed by atoms with van der Waals surface area (Å²) in [6.07, 6.45) is 0. The van der Waals surface area contributed by atoms with Crippen LogP contribution in [0, 0.1) is 0 Å². The van der Waals surface area contributed by atoms with E-state index in [-0.39, 0.29) is 11.6 Å². The molecular formula is C13H21N3O2. The van der Waals surface area contributed by atoms with Gasteiger partial charge in [0.15, 0.2) is 0 Å². The van der Waals surface area contributed by atoms with E-state index in [9.17, 15) is 4.79 Å². The highest BCUT2D eigenvalue weighted by molar-refractivity contribution is 5.74. The van der Waals surface area contributed by atoms with E-state index in [4.69, 9.17) is 10.5 Å². The number of nitrogens with one attached hydrogen (secondary N) is 2. The number of anilines is 1. The number of urea groups is 1. The summed E-state index contributed by atoms with van der Waals surface area (Å²) in [4.78, 5) is 11.4. The van der Waals surface area contributed by atoms with E-state index in [2.05, 4.69) is 10.6 Å². The number of hydrogen-bond donors (Lipinski definition) is 3. The SMILES string of the molecule is CC(C)(C)NC(=O)NCCOc1ccc(N)cc1. The van der Waals surface area contributed by atoms with Gasteiger partial charge < -0.3 is 21.1 Å². The molecule has 0 aromatic heterocycles. The molecule has 1 rings (SSSR count). The molecule has 18 heavy (non-hydrogen) atoms. The van der Waals surface area contributed by atoms with E-state index in [0.717, 1.165) is 5.75 Å². The largest absolute Gasteiger partial charge is 0.492 e. The summed E-state index contributed by atoms with van der Waals surface area (Å²) in [7, 11) is 0. The molecule has 0 atom stereocenters. The van der Waals surface area contributed by atoms with Gasteiger partial charge in [0.2, 0.25) is 0 Å². The quantitative estimate of drug-likeness (QED) is 0.563. The third kappa shape index (κ3) is 5.98. The molecule has 5 heteroatoms. The van der Waals surface area contributed by atoms with Gasteiger partial charge >= 0.3 is 6.03 Å². The Morgan fingerprint density at radius 2 is 1.89 bits per heavy atom. The predicted molar refractivity (Wildman–Crippen MR) is 72.6 cm³/mol. The van der Waals surface area contributed by atoms with Crippen molar-refractivity contribution in [1.82, 2.24) is 10.6 Å². The molecule has 0 aliphatic rings. The fourth-order valence-corrected chi connectivity index (χ4v) is 1.28. The zero-order chi connectivity index (χ0) is 13.6. The molecule has 0 unspecified atom stereocenters. The van der Waals surface area contributed by atoms with Crippen LogP contribution in [0.15, 0.2) is 24.3 Å². The Morgan fingerprint density at radius 3 is 2.44 bits per heavy atom. The van der Waals surface area contributed by atoms with Gasteiger partial charge in [-0.2, -0.15) is 0 Å². The molecular weight excluding hydrogens is 230 g/mol. The van der Waals surface area contributed by atoms with E-state index in [1.54, 1.807) is 24.3 Å². The molecule has 0 aliphatic heterocycles. The van der Waals surface area contributed by atoms with Gasteiger partial charge in [-0.3, -0.25) is 0 Å². The highest BCUT2D eigenvalue weighted by atomic mass is 16.5. The Hall–Kier alpha value is -1.91. The van der Waals surface area contributed by atoms with Crippen molar-refractivity contribution >= 4 is 11.7 Å². The maximum Gasteiger partial charge on any atom is 0.315 e. The minimum atomic E-state index is -0.234. The topological polar surface area (TPSA) is 76.4 Å². The van der Waals surface area contributed by atoms with Crippen molar-refractivity contribution in [3.63, 3.8) is 0 Å². The average molecular weight is 251 g/mol. The second-order valence-electron chi connectivity index (χ2n) is 5.05. The molecule has 2 amide bonds. The minimum Gasteiger partial charge on any atom is -0.492 e. The standard InChI is InChI=1S/C13H21N3O2/c1-13(2,3)16-12(17)15-8-9-18-11-6-4-10(14)5-7-11/h4-7H,8-9,14H2,1-3H3,(H2,15,16,17). The molecule has 0 aliphatic carbocycles. The molecule has 0 radical (unpaired) electrons. The van der Waals surface area contributed by atoms with E-state index in [1.165, 1.54) is 0 Å². The van der Waals surface area contributed by atoms with E-state index >= 15 is 0 Å². The lowest BCUT2D eigenvalue weighted by Crippen LogP contribution is -2.47. The molecule has 0 saturated carbocycles. The number of benzene rings is 1. The first kappa shape index (κ1) is 14.2. The number of rotatable bonds is 4. The van der Waals surface area contributed by atoms with E-state index in [1.807, 2.05) is 20.8 Å². The molecule has 5 nitrogen and oxygen atoms in total. The molecule has 0 spiro atoms. The minimum absolute atomic E-state index is 0.191. The third-order valence-corrected chi connectivity index (χ3v) is 2.02. The van der Waals surface area contributed by atoms with Crippen molar-refractivity contribution in [1.29, 1.82) is 0 Å². The summed E-state index contributed by atoms with van der Waals surface area (Å²) in [6, 6.07) is 6.95. The Kier molecular flexibility index (Phi) is 4.83. The first-order valence-electron chi connectivity index (χ1n) is 5.91. The molecule has 1 aromatic carbocycles. The lowest BCUT2D eigenvalue weighted by molar-refractivity contribution is 0.228. The van der Waals surface area contributed by atoms with Crippen LogP contribution in [-0.4, -0.2) is 24.7 Å². The van der Waals surface area contributed by atoms with Crippen LogP contribution in [0.2, 0.25) is 0 Å². The van der Waals surface area contributed by atoms with Gasteiger partial charge in [-0.05, 0) is 45.0 Å². The number of hydrogen-bond acceptors (Lipinski definition) is 3. The summed E-state index contributed by atoms with van der Waals surface area (Å²) in [5, 5.41) is 5.52. The van der Waals surface area contributed by atoms with Gasteiger partial charge in [0, 0.05) is 11.2 Å². The van der Waals surface area contributed by atoms with E-state index in [0.29, 0.717) is 18.8 Å². The van der Waals surface area contributed by atoms with Crippen LogP contribution in [0.25, 0.3) is 0 Å². The van der Waals surface area contributed by atoms with Gasteiger partial charge in [0.25, 0.3) is 0 Å². The molecule has 1 aromatic rings. The summed E-state index contributed by atoms with van der Waals surface area (Å²) in [5.74, 6) is 0.738. The molecule has 4 N–H and O–H groups in total. The number of carbonyl (C=O) groups is 1. The molecule has 0 heterocycles. The fourth-order valence-electron chi connectivity index (χ4n) is 1.28. The monoisotopic (exact) mass is 251 g/mol. The summed E-state index contributed by atoms with van der Waals surface area (Å²) < 4.78 is 5.44. The highest BCUT2D eigenvalue weighted by Crippen LogP contribution is 2.12. The molecule has 0 saturated heterocycles. The van der Waals surface area contributed by atoms with Gasteiger partial charge in [-0.15, -0.1) is 0 Å². The van der Waals surface area contributed by atoms with Crippen LogP contribution in [0.3, 0.4) is 0 Å². The average Bonchev–Trinajstić information content (AvgIpc) is 2.24. The molecule has 0 fully saturated rings. The van der Waals surface area contributed by atoms with Crippen molar-refractivity contribution in [2.75, 3.05) is 18.9 Å². The zero-order valence-electron chi connectivity index (χ0n) is 11.1. The number of carbonyl (C=O) groups excluding carboxylic acids is 1. The lowest BCUT2D eigenvalue weighted by atomic mass is 10.1. The second-order valence-corrected chi connectivity index (χ2v) is 5.05. The maximum atomic E-state index is 11.4. The predicted octanol–water partition coefficient (Wildman–Crippen LogP) is 1.75. The van der Waals surface area contributed by atoms with Gasteiger partial charge in [0.1, 0.15) is 12.4 Å². The zero-order valence-corrected chi connectivity index (χ0v) is 11.1. The fraction of sp³-hybridized carbons (Fsp3) is 0.462. The number of nitrogen functional groups attached to an aromatic ring is 1. The Morgan fingerprint density at radius 1 is 1.28 bits per heavy atom. The molecule has 100 valence electrons. The summed E-state index contributed by atoms with van der Waals surface area (Å²) >= 11 is 0. The number of nitrogens with two attached hydrogens (primary N) is 1. The van der Waals surface area contributed by atoms with Crippen LogP contribution in [-0.2, 0) is 0 Å². The number of ether oxygens (including phenoxy) is 1. The van der Waals surface area contributed by atoms with Crippen molar-refractivity contribution in [2.24, 2.45) is 0 Å². The Balaban J connectivity index is 2.19. The van der Waals surface area contributed by atoms with Gasteiger partial charge in [0.05, 0.1) is 6.54 Å². The summed E-state index contributed by atoms with van der Waals surface area (Å²) in [5.41, 5.74) is 6.02. The van der Waals surface area contributed by atoms with Crippen molar-refractivity contribution in [3.05, 3.63) is 24.3 Å². The first-order chi connectivity index (χ1) is 8.37. The van der Waals surface area contributed by atoms with Crippen LogP contribution in [0.1, 0.15) is 20.8 Å². The first-order valence-corrected chi connectivity index (χ1v) is 5.91. The smallest absolute Gasteiger partial charge is 0.315 e. The van der Waals surface area contributed by atoms with Crippen LogP contribution in [0.4, 0.5) is 10.5 Å². The van der Waals surface area contributed by atoms with Crippen LogP contribution >= 0.6 is 0 Å². The van der Waals surface area contributed by atoms with Crippen molar-refractivity contribution in [3.8, 4) is 5.75 Å². The van der Waals surface area contributed by atoms with Crippen LogP contribution in [0.5, 0.6) is 5.75 Å². The molecule has 0 bridgehead atoms. The maximum absolute atomic E-state index is 11.4. The van der Waals surface area contributed by atoms with Gasteiger partial charge in [-0.1, -0.05) is 0 Å². The van der Waals surface area contributed by atoms with Crippen molar-refractivity contribution < 1.29 is 9.53 Å². The van der Waals surface area contributed by atoms with Crippen molar-refractivity contribution in [2.45, 2.75) is 26.3 Å². The summed E-state index contributed by atoms with van der Waals surface area (Å²) in [6.45, 7) is 6.65. The number of amides is 2.